The number of hydrazine groups is 1. The zero-order chi connectivity index (χ0) is 9.68. The molecule has 0 fully saturated rings. The monoisotopic (exact) mass is 182 g/mol. The summed E-state index contributed by atoms with van der Waals surface area (Å²) < 4.78 is 5.01. The molecule has 5 N–H and O–H groups in total. The first-order valence-electron chi connectivity index (χ1n) is 3.56. The van der Waals surface area contributed by atoms with Gasteiger partial charge in [-0.3, -0.25) is 4.79 Å². The van der Waals surface area contributed by atoms with Gasteiger partial charge in [0.25, 0.3) is 5.91 Å². The van der Waals surface area contributed by atoms with Crippen LogP contribution in [0.25, 0.3) is 0 Å². The molecule has 1 aromatic rings. The predicted molar refractivity (Wildman–Crippen MR) is 46.7 cm³/mol. The molecule has 6 nitrogen and oxygen atoms in total. The number of carbonyl (C=O) groups is 1. The first-order valence-corrected chi connectivity index (χ1v) is 3.56. The number of anilines is 1. The number of ether oxygens (including phenoxy) is 1. The largest absolute Gasteiger partial charge is 0.480 e. The lowest BCUT2D eigenvalue weighted by Crippen LogP contribution is -2.21. The average Bonchev–Trinajstić information content (AvgIpc) is 2.15. The van der Waals surface area contributed by atoms with Crippen LogP contribution in [0.3, 0.4) is 0 Å². The Bertz CT molecular complexity index is 302. The van der Waals surface area contributed by atoms with Gasteiger partial charge in [-0.15, -0.1) is 0 Å². The fourth-order valence-electron chi connectivity index (χ4n) is 0.764. The molecule has 1 heterocycles. The van der Waals surface area contributed by atoms with Crippen LogP contribution in [0.1, 0.15) is 0 Å². The molecule has 1 rings (SSSR count). The number of nitrogen functional groups attached to an aromatic ring is 1. The molecular weight excluding hydrogens is 172 g/mol. The predicted octanol–water partition coefficient (Wildman–Crippen LogP) is -0.769. The lowest BCUT2D eigenvalue weighted by atomic mass is 10.4. The van der Waals surface area contributed by atoms with E-state index >= 15 is 0 Å². The number of nitrogens with zero attached hydrogens (tertiary/aromatic N) is 1. The minimum Gasteiger partial charge on any atom is -0.480 e. The minimum absolute atomic E-state index is 0.194. The fraction of sp³-hybridized carbons (Fsp3) is 0.143. The third-order valence-electron chi connectivity index (χ3n) is 1.28. The lowest BCUT2D eigenvalue weighted by Gasteiger charge is -2.07. The number of carbonyl (C=O) groups excluding carboxylic acids is 1. The number of rotatable bonds is 4. The number of primary amides is 1. The van der Waals surface area contributed by atoms with Crippen molar-refractivity contribution in [2.24, 2.45) is 11.6 Å². The van der Waals surface area contributed by atoms with Crippen LogP contribution in [0.2, 0.25) is 0 Å². The second kappa shape index (κ2) is 4.27. The summed E-state index contributed by atoms with van der Waals surface area (Å²) in [5.41, 5.74) is 7.23. The molecular formula is C7H10N4O2. The van der Waals surface area contributed by atoms with E-state index in [-0.39, 0.29) is 6.61 Å². The average molecular weight is 182 g/mol. The first kappa shape index (κ1) is 9.27. The zero-order valence-corrected chi connectivity index (χ0v) is 6.86. The van der Waals surface area contributed by atoms with Crippen LogP contribution in [-0.2, 0) is 4.79 Å². The van der Waals surface area contributed by atoms with E-state index in [0.717, 1.165) is 0 Å². The second-order valence-electron chi connectivity index (χ2n) is 2.25. The number of hydrogen-bond donors (Lipinski definition) is 3. The fourth-order valence-corrected chi connectivity index (χ4v) is 0.764. The molecule has 6 heteroatoms. The van der Waals surface area contributed by atoms with Gasteiger partial charge in [0.15, 0.2) is 18.2 Å². The summed E-state index contributed by atoms with van der Waals surface area (Å²) in [6.07, 6.45) is 1.55. The molecule has 0 bridgehead atoms. The van der Waals surface area contributed by atoms with Crippen molar-refractivity contribution < 1.29 is 9.53 Å². The van der Waals surface area contributed by atoms with Gasteiger partial charge >= 0.3 is 0 Å². The van der Waals surface area contributed by atoms with Crippen molar-refractivity contribution in [2.45, 2.75) is 0 Å². The van der Waals surface area contributed by atoms with Gasteiger partial charge in [0.1, 0.15) is 0 Å². The van der Waals surface area contributed by atoms with Gasteiger partial charge in [0, 0.05) is 6.20 Å². The maximum Gasteiger partial charge on any atom is 0.255 e. The number of hydrogen-bond acceptors (Lipinski definition) is 5. The summed E-state index contributed by atoms with van der Waals surface area (Å²) in [5, 5.41) is 0. The third kappa shape index (κ3) is 2.60. The van der Waals surface area contributed by atoms with Crippen molar-refractivity contribution in [3.63, 3.8) is 0 Å². The first-order chi connectivity index (χ1) is 6.24. The highest BCUT2D eigenvalue weighted by atomic mass is 16.5. The van der Waals surface area contributed by atoms with Crippen LogP contribution in [0, 0.1) is 0 Å². The standard InChI is InChI=1S/C7H10N4O2/c8-6(12)4-13-5-2-1-3-10-7(5)11-9/h1-3H,4,9H2,(H2,8,12)(H,10,11). The normalized spacial score (nSPS) is 9.31. The Labute approximate surface area is 74.9 Å². The van der Waals surface area contributed by atoms with Crippen molar-refractivity contribution in [1.29, 1.82) is 0 Å². The summed E-state index contributed by atoms with van der Waals surface area (Å²) >= 11 is 0. The van der Waals surface area contributed by atoms with E-state index in [1.165, 1.54) is 0 Å². The molecule has 0 aliphatic rings. The molecule has 0 aliphatic carbocycles. The van der Waals surface area contributed by atoms with Gasteiger partial charge in [-0.05, 0) is 12.1 Å². The molecule has 0 aliphatic heterocycles. The molecule has 0 saturated carbocycles. The molecule has 0 unspecified atom stereocenters. The van der Waals surface area contributed by atoms with E-state index in [0.29, 0.717) is 11.6 Å². The highest BCUT2D eigenvalue weighted by Gasteiger charge is 2.03. The van der Waals surface area contributed by atoms with Gasteiger partial charge in [-0.25, -0.2) is 10.8 Å². The molecule has 13 heavy (non-hydrogen) atoms. The number of nitrogens with two attached hydrogens (primary N) is 2. The summed E-state index contributed by atoms with van der Waals surface area (Å²) in [4.78, 5) is 14.3. The van der Waals surface area contributed by atoms with Crippen LogP contribution in [-0.4, -0.2) is 17.5 Å². The minimum atomic E-state index is -0.549. The van der Waals surface area contributed by atoms with Gasteiger partial charge in [0.05, 0.1) is 0 Å². The van der Waals surface area contributed by atoms with Gasteiger partial charge in [-0.2, -0.15) is 0 Å². The number of pyridine rings is 1. The molecule has 0 aromatic carbocycles. The lowest BCUT2D eigenvalue weighted by molar-refractivity contribution is -0.119. The van der Waals surface area contributed by atoms with Crippen LogP contribution in [0.4, 0.5) is 5.82 Å². The van der Waals surface area contributed by atoms with Crippen LogP contribution < -0.4 is 21.7 Å². The zero-order valence-electron chi connectivity index (χ0n) is 6.86. The Morgan fingerprint density at radius 2 is 2.46 bits per heavy atom. The van der Waals surface area contributed by atoms with Crippen molar-refractivity contribution in [2.75, 3.05) is 12.0 Å². The summed E-state index contributed by atoms with van der Waals surface area (Å²) in [6.45, 7) is -0.194. The highest BCUT2D eigenvalue weighted by Crippen LogP contribution is 2.18. The Morgan fingerprint density at radius 3 is 3.08 bits per heavy atom. The molecule has 0 atom stereocenters. The molecule has 0 spiro atoms. The summed E-state index contributed by atoms with van der Waals surface area (Å²) in [7, 11) is 0. The Hall–Kier alpha value is -1.82. The number of aromatic nitrogens is 1. The highest BCUT2D eigenvalue weighted by molar-refractivity contribution is 5.75. The second-order valence-corrected chi connectivity index (χ2v) is 2.25. The van der Waals surface area contributed by atoms with E-state index in [1.54, 1.807) is 18.3 Å². The summed E-state index contributed by atoms with van der Waals surface area (Å²) in [5.74, 6) is 5.36. The molecule has 70 valence electrons. The molecule has 1 aromatic heterocycles. The van der Waals surface area contributed by atoms with E-state index in [1.807, 2.05) is 0 Å². The van der Waals surface area contributed by atoms with E-state index in [4.69, 9.17) is 16.3 Å². The Morgan fingerprint density at radius 1 is 1.69 bits per heavy atom. The van der Waals surface area contributed by atoms with Crippen molar-refractivity contribution in [3.05, 3.63) is 18.3 Å². The molecule has 0 saturated heterocycles. The third-order valence-corrected chi connectivity index (χ3v) is 1.28. The maximum absolute atomic E-state index is 10.4. The Kier molecular flexibility index (Phi) is 3.04. The molecule has 1 amide bonds. The quantitative estimate of drug-likeness (QED) is 0.419. The van der Waals surface area contributed by atoms with Gasteiger partial charge in [0.2, 0.25) is 0 Å². The topological polar surface area (TPSA) is 103 Å². The van der Waals surface area contributed by atoms with Crippen LogP contribution in [0.5, 0.6) is 5.75 Å². The van der Waals surface area contributed by atoms with E-state index in [2.05, 4.69) is 10.4 Å². The van der Waals surface area contributed by atoms with Gasteiger partial charge < -0.3 is 15.9 Å². The van der Waals surface area contributed by atoms with Crippen LogP contribution in [0.15, 0.2) is 18.3 Å². The van der Waals surface area contributed by atoms with Crippen molar-refractivity contribution in [1.82, 2.24) is 4.98 Å². The van der Waals surface area contributed by atoms with E-state index in [9.17, 15) is 4.79 Å². The smallest absolute Gasteiger partial charge is 0.255 e. The molecule has 0 radical (unpaired) electrons. The van der Waals surface area contributed by atoms with Gasteiger partial charge in [-0.1, -0.05) is 0 Å². The SMILES string of the molecule is NNc1ncccc1OCC(N)=O. The number of amides is 1. The van der Waals surface area contributed by atoms with Crippen molar-refractivity contribution in [3.8, 4) is 5.75 Å². The number of nitrogens with one attached hydrogen (secondary N) is 1. The van der Waals surface area contributed by atoms with E-state index < -0.39 is 5.91 Å². The Balaban J connectivity index is 2.69. The van der Waals surface area contributed by atoms with Crippen molar-refractivity contribution >= 4 is 11.7 Å². The maximum atomic E-state index is 10.4. The summed E-state index contributed by atoms with van der Waals surface area (Å²) in [6, 6.07) is 3.29. The van der Waals surface area contributed by atoms with Crippen LogP contribution >= 0.6 is 0 Å².